The van der Waals surface area contributed by atoms with Crippen LogP contribution in [0.4, 0.5) is 16.3 Å². The minimum atomic E-state index is -0.578. The number of para-hydroxylation sites is 2. The lowest BCUT2D eigenvalue weighted by atomic mass is 10.2. The van der Waals surface area contributed by atoms with Gasteiger partial charge in [-0.3, -0.25) is 4.98 Å². The Bertz CT molecular complexity index is 818. The molecule has 4 N–H and O–H groups in total. The number of carbonyl (C=O) groups excluding carboxylic acids is 1. The number of fused-ring (bicyclic) bond motifs is 1. The molecule has 3 rings (SSSR count). The standard InChI is InChI=1S/C16H15N5O/c17-16(22)20-12-5-3-4-11(8-12)9-19-15-10-18-13-6-1-2-7-14(13)21-15/h1-8,10H,9H2,(H,19,21)(H3,17,20,22). The highest BCUT2D eigenvalue weighted by atomic mass is 16.2. The Morgan fingerprint density at radius 3 is 2.73 bits per heavy atom. The van der Waals surface area contributed by atoms with E-state index in [0.29, 0.717) is 18.1 Å². The summed E-state index contributed by atoms with van der Waals surface area (Å²) < 4.78 is 0. The maximum Gasteiger partial charge on any atom is 0.316 e. The molecule has 0 aliphatic rings. The molecule has 3 aromatic rings. The third-order valence-electron chi connectivity index (χ3n) is 3.12. The summed E-state index contributed by atoms with van der Waals surface area (Å²) in [6, 6.07) is 14.6. The fourth-order valence-electron chi connectivity index (χ4n) is 2.14. The second kappa shape index (κ2) is 6.09. The molecule has 6 nitrogen and oxygen atoms in total. The van der Waals surface area contributed by atoms with E-state index in [1.807, 2.05) is 42.5 Å². The van der Waals surface area contributed by atoms with Crippen LogP contribution in [0.5, 0.6) is 0 Å². The van der Waals surface area contributed by atoms with Crippen LogP contribution >= 0.6 is 0 Å². The van der Waals surface area contributed by atoms with Gasteiger partial charge < -0.3 is 16.4 Å². The topological polar surface area (TPSA) is 92.9 Å². The largest absolute Gasteiger partial charge is 0.365 e. The lowest BCUT2D eigenvalue weighted by molar-refractivity contribution is 0.259. The van der Waals surface area contributed by atoms with Crippen molar-refractivity contribution in [1.82, 2.24) is 9.97 Å². The van der Waals surface area contributed by atoms with Gasteiger partial charge in [-0.25, -0.2) is 9.78 Å². The van der Waals surface area contributed by atoms with Gasteiger partial charge in [-0.2, -0.15) is 0 Å². The molecule has 2 aromatic carbocycles. The molecular weight excluding hydrogens is 278 g/mol. The monoisotopic (exact) mass is 293 g/mol. The number of hydrogen-bond acceptors (Lipinski definition) is 4. The predicted octanol–water partition coefficient (Wildman–Crippen LogP) is 2.73. The van der Waals surface area contributed by atoms with Gasteiger partial charge in [0.15, 0.2) is 0 Å². The van der Waals surface area contributed by atoms with Gasteiger partial charge in [0.25, 0.3) is 0 Å². The van der Waals surface area contributed by atoms with E-state index in [2.05, 4.69) is 20.6 Å². The Labute approximate surface area is 127 Å². The second-order valence-corrected chi connectivity index (χ2v) is 4.79. The highest BCUT2D eigenvalue weighted by molar-refractivity contribution is 5.87. The summed E-state index contributed by atoms with van der Waals surface area (Å²) >= 11 is 0. The molecule has 0 fully saturated rings. The van der Waals surface area contributed by atoms with Gasteiger partial charge in [0, 0.05) is 12.2 Å². The van der Waals surface area contributed by atoms with Crippen LogP contribution in [0.15, 0.2) is 54.7 Å². The second-order valence-electron chi connectivity index (χ2n) is 4.79. The van der Waals surface area contributed by atoms with Crippen molar-refractivity contribution in [2.45, 2.75) is 6.54 Å². The molecule has 2 amide bonds. The normalized spacial score (nSPS) is 10.4. The van der Waals surface area contributed by atoms with Crippen molar-refractivity contribution >= 4 is 28.6 Å². The third-order valence-corrected chi connectivity index (χ3v) is 3.12. The summed E-state index contributed by atoms with van der Waals surface area (Å²) in [4.78, 5) is 19.7. The first kappa shape index (κ1) is 13.8. The third kappa shape index (κ3) is 3.29. The fraction of sp³-hybridized carbons (Fsp3) is 0.0625. The molecule has 0 saturated carbocycles. The van der Waals surface area contributed by atoms with Crippen molar-refractivity contribution in [3.63, 3.8) is 0 Å². The van der Waals surface area contributed by atoms with Gasteiger partial charge in [0.1, 0.15) is 5.82 Å². The van der Waals surface area contributed by atoms with Crippen LogP contribution in [0.25, 0.3) is 11.0 Å². The number of primary amides is 1. The Hall–Kier alpha value is -3.15. The zero-order valence-corrected chi connectivity index (χ0v) is 11.8. The number of rotatable bonds is 4. The number of urea groups is 1. The highest BCUT2D eigenvalue weighted by Crippen LogP contribution is 2.14. The van der Waals surface area contributed by atoms with E-state index in [4.69, 9.17) is 5.73 Å². The molecule has 0 aliphatic heterocycles. The SMILES string of the molecule is NC(=O)Nc1cccc(CNc2cnc3ccccc3n2)c1. The number of amides is 2. The van der Waals surface area contributed by atoms with E-state index in [1.165, 1.54) is 0 Å². The van der Waals surface area contributed by atoms with Gasteiger partial charge in [-0.1, -0.05) is 24.3 Å². The number of nitrogens with one attached hydrogen (secondary N) is 2. The summed E-state index contributed by atoms with van der Waals surface area (Å²) in [6.45, 7) is 0.571. The number of nitrogens with zero attached hydrogens (tertiary/aromatic N) is 2. The summed E-state index contributed by atoms with van der Waals surface area (Å²) in [6.07, 6.45) is 1.70. The van der Waals surface area contributed by atoms with Crippen molar-refractivity contribution in [1.29, 1.82) is 0 Å². The Balaban J connectivity index is 1.72. The van der Waals surface area contributed by atoms with Crippen LogP contribution in [0.1, 0.15) is 5.56 Å². The van der Waals surface area contributed by atoms with Gasteiger partial charge in [-0.05, 0) is 29.8 Å². The lowest BCUT2D eigenvalue weighted by Crippen LogP contribution is -2.19. The van der Waals surface area contributed by atoms with Crippen LogP contribution in [0.3, 0.4) is 0 Å². The molecular formula is C16H15N5O. The molecule has 110 valence electrons. The number of anilines is 2. The smallest absolute Gasteiger partial charge is 0.316 e. The molecule has 0 radical (unpaired) electrons. The lowest BCUT2D eigenvalue weighted by Gasteiger charge is -2.08. The number of nitrogens with two attached hydrogens (primary N) is 1. The van der Waals surface area contributed by atoms with Gasteiger partial charge in [0.2, 0.25) is 0 Å². The Morgan fingerprint density at radius 2 is 1.91 bits per heavy atom. The average Bonchev–Trinajstić information content (AvgIpc) is 2.52. The number of aromatic nitrogens is 2. The maximum absolute atomic E-state index is 10.9. The fourth-order valence-corrected chi connectivity index (χ4v) is 2.14. The first-order chi connectivity index (χ1) is 10.7. The summed E-state index contributed by atoms with van der Waals surface area (Å²) in [5.74, 6) is 0.701. The zero-order chi connectivity index (χ0) is 15.4. The Kier molecular flexibility index (Phi) is 3.82. The average molecular weight is 293 g/mol. The molecule has 0 saturated heterocycles. The van der Waals surface area contributed by atoms with Crippen molar-refractivity contribution in [3.05, 3.63) is 60.3 Å². The maximum atomic E-state index is 10.9. The molecule has 0 atom stereocenters. The van der Waals surface area contributed by atoms with E-state index < -0.39 is 6.03 Å². The first-order valence-corrected chi connectivity index (χ1v) is 6.82. The quantitative estimate of drug-likeness (QED) is 0.689. The predicted molar refractivity (Wildman–Crippen MR) is 86.5 cm³/mol. The van der Waals surface area contributed by atoms with Crippen LogP contribution in [-0.2, 0) is 6.54 Å². The van der Waals surface area contributed by atoms with Gasteiger partial charge in [0.05, 0.1) is 17.2 Å². The summed E-state index contributed by atoms with van der Waals surface area (Å²) in [5.41, 5.74) is 8.48. The summed E-state index contributed by atoms with van der Waals surface area (Å²) in [7, 11) is 0. The van der Waals surface area contributed by atoms with Crippen LogP contribution < -0.4 is 16.4 Å². The van der Waals surface area contributed by atoms with Crippen molar-refractivity contribution < 1.29 is 4.79 Å². The van der Waals surface area contributed by atoms with Gasteiger partial charge >= 0.3 is 6.03 Å². The molecule has 1 heterocycles. The van der Waals surface area contributed by atoms with E-state index in [9.17, 15) is 4.79 Å². The molecule has 0 unspecified atom stereocenters. The molecule has 6 heteroatoms. The van der Waals surface area contributed by atoms with Crippen LogP contribution in [-0.4, -0.2) is 16.0 Å². The Morgan fingerprint density at radius 1 is 1.09 bits per heavy atom. The summed E-state index contributed by atoms with van der Waals surface area (Å²) in [5, 5.41) is 5.77. The minimum absolute atomic E-state index is 0.571. The first-order valence-electron chi connectivity index (χ1n) is 6.82. The van der Waals surface area contributed by atoms with Crippen LogP contribution in [0, 0.1) is 0 Å². The zero-order valence-electron chi connectivity index (χ0n) is 11.8. The number of carbonyl (C=O) groups is 1. The van der Waals surface area contributed by atoms with Crippen molar-refractivity contribution in [2.24, 2.45) is 5.73 Å². The minimum Gasteiger partial charge on any atom is -0.365 e. The van der Waals surface area contributed by atoms with Crippen molar-refractivity contribution in [3.8, 4) is 0 Å². The molecule has 0 bridgehead atoms. The van der Waals surface area contributed by atoms with E-state index in [0.717, 1.165) is 16.6 Å². The molecule has 0 aliphatic carbocycles. The van der Waals surface area contributed by atoms with Crippen molar-refractivity contribution in [2.75, 3.05) is 10.6 Å². The van der Waals surface area contributed by atoms with Crippen LogP contribution in [0.2, 0.25) is 0 Å². The van der Waals surface area contributed by atoms with Gasteiger partial charge in [-0.15, -0.1) is 0 Å². The van der Waals surface area contributed by atoms with E-state index in [1.54, 1.807) is 12.3 Å². The molecule has 1 aromatic heterocycles. The molecule has 0 spiro atoms. The molecule has 22 heavy (non-hydrogen) atoms. The van der Waals surface area contributed by atoms with E-state index in [-0.39, 0.29) is 0 Å². The highest BCUT2D eigenvalue weighted by Gasteiger charge is 2.01. The number of benzene rings is 2. The number of hydrogen-bond donors (Lipinski definition) is 3. The van der Waals surface area contributed by atoms with E-state index >= 15 is 0 Å².